The monoisotopic (exact) mass is 504 g/mol. The molecule has 2 aromatic heterocycles. The van der Waals surface area contributed by atoms with E-state index in [1.807, 2.05) is 7.05 Å². The molecule has 1 saturated heterocycles. The highest BCUT2D eigenvalue weighted by atomic mass is 19.1. The number of anilines is 3. The van der Waals surface area contributed by atoms with Crippen LogP contribution in [0.5, 0.6) is 11.5 Å². The van der Waals surface area contributed by atoms with Gasteiger partial charge in [0.15, 0.2) is 11.3 Å². The average molecular weight is 505 g/mol. The normalized spacial score (nSPS) is 15.5. The van der Waals surface area contributed by atoms with Crippen molar-refractivity contribution in [3.63, 3.8) is 0 Å². The number of carbonyl (C=O) groups is 1. The van der Waals surface area contributed by atoms with E-state index in [0.717, 1.165) is 19.5 Å². The highest BCUT2D eigenvalue weighted by Crippen LogP contribution is 2.39. The standard InChI is InChI=1S/C26H25FN6O4/c1-4-23(34)29-19-11-18(21(35-3)12-22(19)36-17-8-9-33(2)14-17)30-26-28-13-20-24(31-26)25(37-32-20)15-6-5-7-16(27)10-15/h4-7,10-13,17H,1,8-9,14H2,2-3H3,(H,29,34)(H,30,31). The number of fused-ring (bicyclic) bond motifs is 1. The van der Waals surface area contributed by atoms with E-state index in [9.17, 15) is 9.18 Å². The highest BCUT2D eigenvalue weighted by molar-refractivity contribution is 6.00. The first-order valence-corrected chi connectivity index (χ1v) is 11.6. The second-order valence-electron chi connectivity index (χ2n) is 8.61. The molecule has 1 amide bonds. The number of nitrogens with one attached hydrogen (secondary N) is 2. The van der Waals surface area contributed by atoms with Gasteiger partial charge in [0, 0.05) is 24.7 Å². The van der Waals surface area contributed by atoms with E-state index < -0.39 is 5.82 Å². The first-order valence-electron chi connectivity index (χ1n) is 11.6. The number of likely N-dealkylation sites (tertiary alicyclic amines) is 1. The molecule has 0 aliphatic carbocycles. The van der Waals surface area contributed by atoms with Gasteiger partial charge in [-0.15, -0.1) is 0 Å². The molecule has 3 heterocycles. The van der Waals surface area contributed by atoms with Crippen LogP contribution in [0.1, 0.15) is 6.42 Å². The molecule has 0 spiro atoms. The second kappa shape index (κ2) is 10.2. The Morgan fingerprint density at radius 3 is 2.86 bits per heavy atom. The number of methoxy groups -OCH3 is 1. The Balaban J connectivity index is 1.50. The van der Waals surface area contributed by atoms with Gasteiger partial charge in [0.2, 0.25) is 11.9 Å². The molecule has 4 aromatic rings. The molecule has 0 radical (unpaired) electrons. The number of nitrogens with zero attached hydrogens (tertiary/aromatic N) is 4. The van der Waals surface area contributed by atoms with Gasteiger partial charge in [-0.3, -0.25) is 4.79 Å². The number of amides is 1. The third-order valence-electron chi connectivity index (χ3n) is 5.94. The number of halogens is 1. The minimum absolute atomic E-state index is 0.0199. The van der Waals surface area contributed by atoms with Crippen LogP contribution in [0.25, 0.3) is 22.4 Å². The van der Waals surface area contributed by atoms with Crippen molar-refractivity contribution in [3.8, 4) is 22.8 Å². The first kappa shape index (κ1) is 24.2. The number of aromatic nitrogens is 3. The van der Waals surface area contributed by atoms with Crippen molar-refractivity contribution in [2.45, 2.75) is 12.5 Å². The van der Waals surface area contributed by atoms with E-state index in [0.29, 0.717) is 45.2 Å². The molecule has 2 N–H and O–H groups in total. The summed E-state index contributed by atoms with van der Waals surface area (Å²) in [6.07, 6.45) is 3.53. The van der Waals surface area contributed by atoms with Crippen LogP contribution in [-0.4, -0.2) is 59.3 Å². The van der Waals surface area contributed by atoms with Crippen molar-refractivity contribution in [1.82, 2.24) is 20.0 Å². The summed E-state index contributed by atoms with van der Waals surface area (Å²) in [4.78, 5) is 23.2. The van der Waals surface area contributed by atoms with Crippen LogP contribution in [0.4, 0.5) is 21.7 Å². The minimum atomic E-state index is -0.403. The summed E-state index contributed by atoms with van der Waals surface area (Å²) in [5.41, 5.74) is 2.25. The van der Waals surface area contributed by atoms with Crippen molar-refractivity contribution in [2.75, 3.05) is 37.9 Å². The van der Waals surface area contributed by atoms with Crippen LogP contribution < -0.4 is 20.1 Å². The van der Waals surface area contributed by atoms with Gasteiger partial charge in [0.05, 0.1) is 24.7 Å². The maximum Gasteiger partial charge on any atom is 0.247 e. The van der Waals surface area contributed by atoms with Crippen molar-refractivity contribution < 1.29 is 23.2 Å². The molecule has 0 saturated carbocycles. The summed E-state index contributed by atoms with van der Waals surface area (Å²) in [5.74, 6) is 0.681. The van der Waals surface area contributed by atoms with Gasteiger partial charge in [-0.05, 0) is 37.7 Å². The third-order valence-corrected chi connectivity index (χ3v) is 5.94. The molecule has 37 heavy (non-hydrogen) atoms. The summed E-state index contributed by atoms with van der Waals surface area (Å²) in [6.45, 7) is 5.23. The fourth-order valence-corrected chi connectivity index (χ4v) is 4.12. The predicted molar refractivity (Wildman–Crippen MR) is 137 cm³/mol. The van der Waals surface area contributed by atoms with Crippen LogP contribution in [0.15, 0.2) is 59.8 Å². The number of hydrogen-bond donors (Lipinski definition) is 2. The summed E-state index contributed by atoms with van der Waals surface area (Å²) in [7, 11) is 3.56. The quantitative estimate of drug-likeness (QED) is 0.337. The van der Waals surface area contributed by atoms with Crippen molar-refractivity contribution in [2.24, 2.45) is 0 Å². The maximum atomic E-state index is 13.8. The van der Waals surface area contributed by atoms with E-state index in [4.69, 9.17) is 14.0 Å². The summed E-state index contributed by atoms with van der Waals surface area (Å²) < 4.78 is 31.0. The minimum Gasteiger partial charge on any atom is -0.494 e. The molecule has 11 heteroatoms. The van der Waals surface area contributed by atoms with Crippen molar-refractivity contribution >= 4 is 34.3 Å². The molecular formula is C26H25FN6O4. The van der Waals surface area contributed by atoms with Gasteiger partial charge in [-0.2, -0.15) is 0 Å². The summed E-state index contributed by atoms with van der Waals surface area (Å²) in [6, 6.07) is 9.36. The second-order valence-corrected chi connectivity index (χ2v) is 8.61. The lowest BCUT2D eigenvalue weighted by Gasteiger charge is -2.20. The Bertz CT molecular complexity index is 1470. The van der Waals surface area contributed by atoms with E-state index in [-0.39, 0.29) is 18.0 Å². The zero-order chi connectivity index (χ0) is 25.9. The lowest BCUT2D eigenvalue weighted by atomic mass is 10.1. The number of hydrogen-bond acceptors (Lipinski definition) is 9. The Morgan fingerprint density at radius 1 is 1.27 bits per heavy atom. The summed E-state index contributed by atoms with van der Waals surface area (Å²) in [5, 5.41) is 9.89. The smallest absolute Gasteiger partial charge is 0.247 e. The number of carbonyl (C=O) groups excluding carboxylic acids is 1. The number of likely N-dealkylation sites (N-methyl/N-ethyl adjacent to an activating group) is 1. The lowest BCUT2D eigenvalue weighted by molar-refractivity contribution is -0.111. The van der Waals surface area contributed by atoms with Gasteiger partial charge in [0.1, 0.15) is 28.9 Å². The van der Waals surface area contributed by atoms with E-state index >= 15 is 0 Å². The Labute approximate surface area is 212 Å². The molecule has 1 unspecified atom stereocenters. The zero-order valence-corrected chi connectivity index (χ0v) is 20.3. The number of rotatable bonds is 8. The maximum absolute atomic E-state index is 13.8. The van der Waals surface area contributed by atoms with Crippen LogP contribution in [0, 0.1) is 5.82 Å². The van der Waals surface area contributed by atoms with Crippen molar-refractivity contribution in [3.05, 3.63) is 61.1 Å². The van der Waals surface area contributed by atoms with Gasteiger partial charge in [-0.25, -0.2) is 14.4 Å². The summed E-state index contributed by atoms with van der Waals surface area (Å²) >= 11 is 0. The lowest BCUT2D eigenvalue weighted by Crippen LogP contribution is -2.22. The molecule has 2 aromatic carbocycles. The van der Waals surface area contributed by atoms with Crippen LogP contribution in [0.2, 0.25) is 0 Å². The van der Waals surface area contributed by atoms with E-state index in [1.54, 1.807) is 24.3 Å². The van der Waals surface area contributed by atoms with Crippen LogP contribution in [-0.2, 0) is 4.79 Å². The predicted octanol–water partition coefficient (Wildman–Crippen LogP) is 4.38. The molecule has 0 bridgehead atoms. The fraction of sp³-hybridized carbons (Fsp3) is 0.231. The van der Waals surface area contributed by atoms with Gasteiger partial charge in [0.25, 0.3) is 0 Å². The molecule has 1 aliphatic heterocycles. The molecular weight excluding hydrogens is 479 g/mol. The Morgan fingerprint density at radius 2 is 2.14 bits per heavy atom. The van der Waals surface area contributed by atoms with Crippen LogP contribution in [0.3, 0.4) is 0 Å². The molecule has 1 atom stereocenters. The topological polar surface area (TPSA) is 115 Å². The Hall–Kier alpha value is -4.51. The van der Waals surface area contributed by atoms with E-state index in [1.165, 1.54) is 31.5 Å². The SMILES string of the molecule is C=CC(=O)Nc1cc(Nc2ncc3noc(-c4cccc(F)c4)c3n2)c(OC)cc1OC1CCN(C)C1. The largest absolute Gasteiger partial charge is 0.494 e. The van der Waals surface area contributed by atoms with E-state index in [2.05, 4.69) is 37.2 Å². The number of benzene rings is 2. The molecule has 1 aliphatic rings. The van der Waals surface area contributed by atoms with Gasteiger partial charge < -0.3 is 29.5 Å². The van der Waals surface area contributed by atoms with Gasteiger partial charge in [-0.1, -0.05) is 23.9 Å². The molecule has 10 nitrogen and oxygen atoms in total. The molecule has 190 valence electrons. The van der Waals surface area contributed by atoms with Gasteiger partial charge >= 0.3 is 0 Å². The molecule has 5 rings (SSSR count). The van der Waals surface area contributed by atoms with Crippen molar-refractivity contribution in [1.29, 1.82) is 0 Å². The zero-order valence-electron chi connectivity index (χ0n) is 20.3. The highest BCUT2D eigenvalue weighted by Gasteiger charge is 2.24. The molecule has 1 fully saturated rings. The fourth-order valence-electron chi connectivity index (χ4n) is 4.12. The number of ether oxygens (including phenoxy) is 2. The average Bonchev–Trinajstić information content (AvgIpc) is 3.50. The van der Waals surface area contributed by atoms with Crippen LogP contribution >= 0.6 is 0 Å². The third kappa shape index (κ3) is 5.21. The Kier molecular flexibility index (Phi) is 6.69. The first-order chi connectivity index (χ1) is 17.9.